The zero-order chi connectivity index (χ0) is 62.2. The molecule has 84 heavy (non-hydrogen) atoms. The predicted molar refractivity (Wildman–Crippen MR) is 335 cm³/mol. The van der Waals surface area contributed by atoms with E-state index in [9.17, 15) is 43.2 Å². The number of phosphoric acid groups is 2. The molecule has 0 aromatic heterocycles. The molecule has 0 aromatic carbocycles. The van der Waals surface area contributed by atoms with E-state index in [1.165, 1.54) is 141 Å². The number of unbranched alkanes of at least 4 members (excludes halogenated alkanes) is 33. The average Bonchev–Trinajstić information content (AvgIpc) is 3.52. The van der Waals surface area contributed by atoms with Gasteiger partial charge in [-0.3, -0.25) is 37.3 Å². The molecule has 6 atom stereocenters. The zero-order valence-corrected chi connectivity index (χ0v) is 56.0. The van der Waals surface area contributed by atoms with Crippen LogP contribution in [-0.2, 0) is 65.4 Å². The van der Waals surface area contributed by atoms with E-state index < -0.39 is 97.5 Å². The van der Waals surface area contributed by atoms with E-state index in [1.807, 2.05) is 0 Å². The molecule has 0 fully saturated rings. The first kappa shape index (κ1) is 82.1. The lowest BCUT2D eigenvalue weighted by Gasteiger charge is -2.21. The molecule has 17 nitrogen and oxygen atoms in total. The van der Waals surface area contributed by atoms with Gasteiger partial charge in [0.15, 0.2) is 12.2 Å². The van der Waals surface area contributed by atoms with E-state index in [0.717, 1.165) is 102 Å². The number of ether oxygens (including phenoxy) is 4. The molecule has 0 saturated carbocycles. The summed E-state index contributed by atoms with van der Waals surface area (Å²) in [6, 6.07) is 0. The molecule has 0 aliphatic rings. The van der Waals surface area contributed by atoms with Gasteiger partial charge in [-0.2, -0.15) is 0 Å². The van der Waals surface area contributed by atoms with Crippen LogP contribution in [0.1, 0.15) is 324 Å². The molecule has 0 heterocycles. The van der Waals surface area contributed by atoms with Crippen molar-refractivity contribution in [2.75, 3.05) is 39.6 Å². The van der Waals surface area contributed by atoms with Crippen molar-refractivity contribution in [1.82, 2.24) is 0 Å². The summed E-state index contributed by atoms with van der Waals surface area (Å²) in [5.74, 6) is -0.662. The van der Waals surface area contributed by atoms with Crippen molar-refractivity contribution >= 4 is 39.5 Å². The van der Waals surface area contributed by atoms with Gasteiger partial charge in [0.25, 0.3) is 0 Å². The van der Waals surface area contributed by atoms with E-state index >= 15 is 0 Å². The molecule has 0 aliphatic carbocycles. The summed E-state index contributed by atoms with van der Waals surface area (Å²) in [4.78, 5) is 72.2. The summed E-state index contributed by atoms with van der Waals surface area (Å²) in [6.07, 6.45) is 40.3. The first-order chi connectivity index (χ1) is 40.4. The topological polar surface area (TPSA) is 237 Å². The Morgan fingerprint density at radius 3 is 0.905 bits per heavy atom. The lowest BCUT2D eigenvalue weighted by molar-refractivity contribution is -0.161. The number of aliphatic hydroxyl groups excluding tert-OH is 1. The number of carbonyl (C=O) groups is 4. The fourth-order valence-corrected chi connectivity index (χ4v) is 11.3. The van der Waals surface area contributed by atoms with Gasteiger partial charge in [0.05, 0.1) is 26.4 Å². The normalized spacial score (nSPS) is 14.6. The van der Waals surface area contributed by atoms with Gasteiger partial charge >= 0.3 is 39.5 Å². The number of hydrogen-bond donors (Lipinski definition) is 3. The summed E-state index contributed by atoms with van der Waals surface area (Å²) in [7, 11) is -9.89. The highest BCUT2D eigenvalue weighted by Crippen LogP contribution is 2.45. The van der Waals surface area contributed by atoms with Crippen LogP contribution in [0.25, 0.3) is 0 Å². The van der Waals surface area contributed by atoms with Crippen LogP contribution in [0.4, 0.5) is 0 Å². The molecule has 498 valence electrons. The lowest BCUT2D eigenvalue weighted by atomic mass is 10.00. The van der Waals surface area contributed by atoms with Crippen molar-refractivity contribution in [1.29, 1.82) is 0 Å². The minimum absolute atomic E-state index is 0.103. The Bertz CT molecular complexity index is 1650. The van der Waals surface area contributed by atoms with Crippen LogP contribution in [-0.4, -0.2) is 96.7 Å². The second-order valence-corrected chi connectivity index (χ2v) is 27.1. The first-order valence-electron chi connectivity index (χ1n) is 34.0. The summed E-state index contributed by atoms with van der Waals surface area (Å²) in [5, 5.41) is 10.5. The lowest BCUT2D eigenvalue weighted by Crippen LogP contribution is -2.30. The molecule has 0 aliphatic heterocycles. The van der Waals surface area contributed by atoms with Crippen molar-refractivity contribution in [3.8, 4) is 0 Å². The van der Waals surface area contributed by atoms with Crippen molar-refractivity contribution in [3.63, 3.8) is 0 Å². The summed E-state index contributed by atoms with van der Waals surface area (Å²) in [6.45, 7) is 9.43. The fraction of sp³-hybridized carbons (Fsp3) is 0.938. The van der Waals surface area contributed by atoms with Crippen molar-refractivity contribution in [2.24, 2.45) is 11.8 Å². The summed E-state index contributed by atoms with van der Waals surface area (Å²) in [5.41, 5.74) is 0. The van der Waals surface area contributed by atoms with Gasteiger partial charge in [0.2, 0.25) is 0 Å². The highest BCUT2D eigenvalue weighted by Gasteiger charge is 2.30. The average molecular weight is 1240 g/mol. The second-order valence-electron chi connectivity index (χ2n) is 24.2. The Balaban J connectivity index is 5.25. The molecule has 0 aromatic rings. The summed E-state index contributed by atoms with van der Waals surface area (Å²) >= 11 is 0. The molecule has 0 saturated heterocycles. The Morgan fingerprint density at radius 2 is 0.607 bits per heavy atom. The van der Waals surface area contributed by atoms with Crippen LogP contribution in [0.15, 0.2) is 0 Å². The van der Waals surface area contributed by atoms with Crippen LogP contribution >= 0.6 is 15.6 Å². The van der Waals surface area contributed by atoms with Crippen molar-refractivity contribution in [2.45, 2.75) is 342 Å². The fourth-order valence-electron chi connectivity index (χ4n) is 9.68. The third-order valence-corrected chi connectivity index (χ3v) is 17.2. The molecule has 0 spiro atoms. The van der Waals surface area contributed by atoms with Gasteiger partial charge in [0.1, 0.15) is 19.3 Å². The molecular formula is C65H126O17P2. The Hall–Kier alpha value is -1.94. The zero-order valence-electron chi connectivity index (χ0n) is 54.2. The van der Waals surface area contributed by atoms with Crippen LogP contribution in [0, 0.1) is 11.8 Å². The monoisotopic (exact) mass is 1240 g/mol. The maximum atomic E-state index is 13.0. The minimum atomic E-state index is -4.95. The number of esters is 4. The number of aliphatic hydroxyl groups is 1. The molecular weight excluding hydrogens is 1110 g/mol. The van der Waals surface area contributed by atoms with Gasteiger partial charge < -0.3 is 33.8 Å². The third kappa shape index (κ3) is 57.8. The van der Waals surface area contributed by atoms with Gasteiger partial charge in [-0.05, 0) is 37.5 Å². The molecule has 0 bridgehead atoms. The second kappa shape index (κ2) is 57.5. The predicted octanol–water partition coefficient (Wildman–Crippen LogP) is 18.0. The van der Waals surface area contributed by atoms with Gasteiger partial charge in [-0.15, -0.1) is 0 Å². The van der Waals surface area contributed by atoms with E-state index in [0.29, 0.717) is 25.7 Å². The number of carbonyl (C=O) groups excluding carboxylic acids is 4. The maximum absolute atomic E-state index is 13.0. The Morgan fingerprint density at radius 1 is 0.345 bits per heavy atom. The molecule has 19 heteroatoms. The highest BCUT2D eigenvalue weighted by atomic mass is 31.2. The minimum Gasteiger partial charge on any atom is -0.462 e. The SMILES string of the molecule is CCCCCCCCCCCCCCC(=O)OC[C@H](COP(=O)(O)OC[C@@H](O)COP(=O)(O)OC[C@@H](COC(=O)CCCCCCCCCCC)OC(=O)CCCCCCCCC(C)CC)OC(=O)CCCCCCCCCCCCC(C)C. The van der Waals surface area contributed by atoms with Crippen LogP contribution in [0.5, 0.6) is 0 Å². The van der Waals surface area contributed by atoms with E-state index in [4.69, 9.17) is 37.0 Å². The van der Waals surface area contributed by atoms with Crippen LogP contribution in [0.3, 0.4) is 0 Å². The first-order valence-corrected chi connectivity index (χ1v) is 37.0. The van der Waals surface area contributed by atoms with Crippen molar-refractivity contribution < 1.29 is 80.2 Å². The Kier molecular flexibility index (Phi) is 56.2. The van der Waals surface area contributed by atoms with Crippen LogP contribution < -0.4 is 0 Å². The Labute approximate surface area is 511 Å². The largest absolute Gasteiger partial charge is 0.472 e. The smallest absolute Gasteiger partial charge is 0.462 e. The number of hydrogen-bond acceptors (Lipinski definition) is 15. The molecule has 0 rings (SSSR count). The third-order valence-electron chi connectivity index (χ3n) is 15.3. The molecule has 0 radical (unpaired) electrons. The number of rotatable bonds is 64. The van der Waals surface area contributed by atoms with Crippen LogP contribution in [0.2, 0.25) is 0 Å². The number of phosphoric ester groups is 2. The van der Waals surface area contributed by atoms with Gasteiger partial charge in [-0.25, -0.2) is 9.13 Å². The van der Waals surface area contributed by atoms with E-state index in [2.05, 4.69) is 41.5 Å². The maximum Gasteiger partial charge on any atom is 0.472 e. The quantitative estimate of drug-likeness (QED) is 0.0222. The highest BCUT2D eigenvalue weighted by molar-refractivity contribution is 7.47. The van der Waals surface area contributed by atoms with E-state index in [-0.39, 0.29) is 25.7 Å². The molecule has 3 unspecified atom stereocenters. The molecule has 0 amide bonds. The summed E-state index contributed by atoms with van der Waals surface area (Å²) < 4.78 is 68.0. The van der Waals surface area contributed by atoms with Gasteiger partial charge in [-0.1, -0.05) is 273 Å². The molecule has 3 N–H and O–H groups in total. The van der Waals surface area contributed by atoms with Gasteiger partial charge in [0, 0.05) is 25.7 Å². The van der Waals surface area contributed by atoms with Crippen molar-refractivity contribution in [3.05, 3.63) is 0 Å². The standard InChI is InChI=1S/C65H126O17P2/c1-7-10-12-14-16-18-19-20-25-29-36-42-48-63(68)76-53-60(81-64(69)49-43-37-30-26-22-21-24-27-33-39-45-57(4)5)55-79-83(71,72)77-51-59(66)52-78-84(73,74)80-56-61(54-75-62(67)47-41-35-28-23-17-15-13-11-8-2)82-65(70)50-44-38-32-31-34-40-46-58(6)9-3/h57-61,66H,7-56H2,1-6H3,(H,71,72)(H,73,74)/t58?,59-,60-,61-/m1/s1. The van der Waals surface area contributed by atoms with E-state index in [1.54, 1.807) is 0 Å².